The van der Waals surface area contributed by atoms with Crippen LogP contribution in [0.3, 0.4) is 0 Å². The number of nitrogens with two attached hydrogens (primary N) is 1. The summed E-state index contributed by atoms with van der Waals surface area (Å²) in [5.41, 5.74) is 6.92. The zero-order valence-corrected chi connectivity index (χ0v) is 9.49. The van der Waals surface area contributed by atoms with E-state index < -0.39 is 0 Å². The Morgan fingerprint density at radius 3 is 2.73 bits per heavy atom. The van der Waals surface area contributed by atoms with E-state index in [2.05, 4.69) is 14.9 Å². The van der Waals surface area contributed by atoms with E-state index in [1.165, 1.54) is 5.56 Å². The average Bonchev–Trinajstić information content (AvgIpc) is 2.18. The van der Waals surface area contributed by atoms with E-state index >= 15 is 0 Å². The Labute approximate surface area is 89.9 Å². The Morgan fingerprint density at radius 2 is 2.07 bits per heavy atom. The average molecular weight is 207 g/mol. The van der Waals surface area contributed by atoms with E-state index in [0.717, 1.165) is 31.0 Å². The van der Waals surface area contributed by atoms with Crippen molar-refractivity contribution in [1.82, 2.24) is 9.97 Å². The minimum absolute atomic E-state index is 0.353. The molecule has 5 nitrogen and oxygen atoms in total. The zero-order valence-electron chi connectivity index (χ0n) is 9.49. The van der Waals surface area contributed by atoms with Crippen molar-refractivity contribution >= 4 is 17.6 Å². The first-order chi connectivity index (χ1) is 7.09. The van der Waals surface area contributed by atoms with Gasteiger partial charge in [0.1, 0.15) is 11.6 Å². The molecule has 2 heterocycles. The first-order valence-corrected chi connectivity index (χ1v) is 5.14. The third kappa shape index (κ3) is 1.69. The van der Waals surface area contributed by atoms with Gasteiger partial charge in [-0.3, -0.25) is 0 Å². The third-order valence-corrected chi connectivity index (χ3v) is 2.69. The first kappa shape index (κ1) is 10.0. The molecule has 0 aromatic carbocycles. The van der Waals surface area contributed by atoms with E-state index in [1.54, 1.807) is 0 Å². The van der Waals surface area contributed by atoms with Crippen molar-refractivity contribution in [2.24, 2.45) is 0 Å². The van der Waals surface area contributed by atoms with Crippen LogP contribution in [0.25, 0.3) is 0 Å². The second kappa shape index (κ2) is 3.56. The predicted octanol–water partition coefficient (Wildman–Crippen LogP) is 0.507. The minimum atomic E-state index is 0.353. The van der Waals surface area contributed by atoms with E-state index in [9.17, 15) is 0 Å². The van der Waals surface area contributed by atoms with Crippen LogP contribution in [0.4, 0.5) is 17.6 Å². The number of hydrogen-bond donors (Lipinski definition) is 1. The van der Waals surface area contributed by atoms with Crippen molar-refractivity contribution in [3.63, 3.8) is 0 Å². The summed E-state index contributed by atoms with van der Waals surface area (Å²) in [6.45, 7) is 1.04. The maximum absolute atomic E-state index is 5.71. The molecule has 1 aromatic rings. The summed E-state index contributed by atoms with van der Waals surface area (Å²) in [5, 5.41) is 0. The molecule has 0 atom stereocenters. The summed E-state index contributed by atoms with van der Waals surface area (Å²) in [4.78, 5) is 12.7. The van der Waals surface area contributed by atoms with Crippen LogP contribution in [0.1, 0.15) is 12.0 Å². The molecule has 2 N–H and O–H groups in total. The van der Waals surface area contributed by atoms with Crippen molar-refractivity contribution in [3.05, 3.63) is 5.56 Å². The topological polar surface area (TPSA) is 58.3 Å². The molecule has 0 unspecified atom stereocenters. The molecule has 1 aromatic heterocycles. The number of fused-ring (bicyclic) bond motifs is 1. The molecule has 0 spiro atoms. The van der Waals surface area contributed by atoms with Gasteiger partial charge in [0.15, 0.2) is 0 Å². The van der Waals surface area contributed by atoms with Gasteiger partial charge >= 0.3 is 0 Å². The van der Waals surface area contributed by atoms with Gasteiger partial charge in [-0.25, -0.2) is 0 Å². The molecule has 5 heteroatoms. The fraction of sp³-hybridized carbons (Fsp3) is 0.600. The van der Waals surface area contributed by atoms with Crippen LogP contribution >= 0.6 is 0 Å². The SMILES string of the molecule is CN(C)c1nc(N)nc2c1CCCN2C. The molecule has 0 bridgehead atoms. The maximum Gasteiger partial charge on any atom is 0.223 e. The number of anilines is 3. The molecular weight excluding hydrogens is 190 g/mol. The molecule has 0 saturated carbocycles. The van der Waals surface area contributed by atoms with Crippen LogP contribution in [0.5, 0.6) is 0 Å². The Bertz CT molecular complexity index is 357. The molecule has 2 rings (SSSR count). The van der Waals surface area contributed by atoms with Gasteiger partial charge in [-0.05, 0) is 12.8 Å². The van der Waals surface area contributed by atoms with Crippen molar-refractivity contribution in [2.75, 3.05) is 43.2 Å². The second-order valence-corrected chi connectivity index (χ2v) is 4.13. The second-order valence-electron chi connectivity index (χ2n) is 4.13. The van der Waals surface area contributed by atoms with E-state index in [4.69, 9.17) is 5.73 Å². The van der Waals surface area contributed by atoms with Crippen LogP contribution in [0, 0.1) is 0 Å². The van der Waals surface area contributed by atoms with E-state index in [1.807, 2.05) is 26.0 Å². The summed E-state index contributed by atoms with van der Waals surface area (Å²) in [6.07, 6.45) is 2.19. The molecule has 0 fully saturated rings. The summed E-state index contributed by atoms with van der Waals surface area (Å²) in [7, 11) is 6.01. The Kier molecular flexibility index (Phi) is 2.38. The standard InChI is InChI=1S/C10H17N5/c1-14(2)8-7-5-4-6-15(3)9(7)13-10(11)12-8/h4-6H2,1-3H3,(H2,11,12,13). The number of nitrogen functional groups attached to an aromatic ring is 1. The highest BCUT2D eigenvalue weighted by Gasteiger charge is 2.21. The van der Waals surface area contributed by atoms with Gasteiger partial charge in [-0.15, -0.1) is 0 Å². The van der Waals surface area contributed by atoms with Crippen LogP contribution in [0.15, 0.2) is 0 Å². The number of rotatable bonds is 1. The normalized spacial score (nSPS) is 15.0. The molecule has 1 aliphatic heterocycles. The lowest BCUT2D eigenvalue weighted by Gasteiger charge is -2.29. The van der Waals surface area contributed by atoms with Gasteiger partial charge in [-0.1, -0.05) is 0 Å². The first-order valence-electron chi connectivity index (χ1n) is 5.14. The Balaban J connectivity index is 2.57. The van der Waals surface area contributed by atoms with Gasteiger partial charge < -0.3 is 15.5 Å². The van der Waals surface area contributed by atoms with Crippen molar-refractivity contribution in [3.8, 4) is 0 Å². The number of hydrogen-bond acceptors (Lipinski definition) is 5. The lowest BCUT2D eigenvalue weighted by Crippen LogP contribution is -2.28. The third-order valence-electron chi connectivity index (χ3n) is 2.69. The molecule has 1 aliphatic rings. The minimum Gasteiger partial charge on any atom is -0.368 e. The molecule has 0 aliphatic carbocycles. The Hall–Kier alpha value is -1.52. The molecule has 0 amide bonds. The predicted molar refractivity (Wildman–Crippen MR) is 62.4 cm³/mol. The summed E-state index contributed by atoms with van der Waals surface area (Å²) >= 11 is 0. The molecule has 15 heavy (non-hydrogen) atoms. The van der Waals surface area contributed by atoms with Gasteiger partial charge in [0.25, 0.3) is 0 Å². The summed E-state index contributed by atoms with van der Waals surface area (Å²) in [5.74, 6) is 2.28. The molecule has 0 saturated heterocycles. The smallest absolute Gasteiger partial charge is 0.223 e. The van der Waals surface area contributed by atoms with Crippen LogP contribution < -0.4 is 15.5 Å². The summed E-state index contributed by atoms with van der Waals surface area (Å²) < 4.78 is 0. The maximum atomic E-state index is 5.71. The van der Waals surface area contributed by atoms with Crippen molar-refractivity contribution in [1.29, 1.82) is 0 Å². The number of nitrogens with zero attached hydrogens (tertiary/aromatic N) is 4. The van der Waals surface area contributed by atoms with Crippen LogP contribution in [0.2, 0.25) is 0 Å². The lowest BCUT2D eigenvalue weighted by atomic mass is 10.1. The van der Waals surface area contributed by atoms with Gasteiger partial charge in [-0.2, -0.15) is 9.97 Å². The van der Waals surface area contributed by atoms with Crippen molar-refractivity contribution in [2.45, 2.75) is 12.8 Å². The monoisotopic (exact) mass is 207 g/mol. The van der Waals surface area contributed by atoms with E-state index in [0.29, 0.717) is 5.95 Å². The van der Waals surface area contributed by atoms with Gasteiger partial charge in [0, 0.05) is 33.3 Å². The Morgan fingerprint density at radius 1 is 1.33 bits per heavy atom. The number of aromatic nitrogens is 2. The molecular formula is C10H17N5. The van der Waals surface area contributed by atoms with Crippen LogP contribution in [-0.2, 0) is 6.42 Å². The van der Waals surface area contributed by atoms with E-state index in [-0.39, 0.29) is 0 Å². The highest BCUT2D eigenvalue weighted by Crippen LogP contribution is 2.30. The van der Waals surface area contributed by atoms with Crippen LogP contribution in [-0.4, -0.2) is 37.7 Å². The molecule has 0 radical (unpaired) electrons. The highest BCUT2D eigenvalue weighted by molar-refractivity contribution is 5.63. The zero-order chi connectivity index (χ0) is 11.0. The van der Waals surface area contributed by atoms with Gasteiger partial charge in [0.05, 0.1) is 0 Å². The van der Waals surface area contributed by atoms with Gasteiger partial charge in [0.2, 0.25) is 5.95 Å². The fourth-order valence-corrected chi connectivity index (χ4v) is 1.99. The quantitative estimate of drug-likeness (QED) is 0.727. The van der Waals surface area contributed by atoms with Crippen molar-refractivity contribution < 1.29 is 0 Å². The molecule has 82 valence electrons. The lowest BCUT2D eigenvalue weighted by molar-refractivity contribution is 0.723. The largest absolute Gasteiger partial charge is 0.368 e. The summed E-state index contributed by atoms with van der Waals surface area (Å²) in [6, 6.07) is 0. The fourth-order valence-electron chi connectivity index (χ4n) is 1.99. The highest BCUT2D eigenvalue weighted by atomic mass is 15.2.